The highest BCUT2D eigenvalue weighted by Gasteiger charge is 2.39. The van der Waals surface area contributed by atoms with Gasteiger partial charge in [0.25, 0.3) is 0 Å². The largest absolute Gasteiger partial charge is 0.480 e. The zero-order valence-electron chi connectivity index (χ0n) is 12.9. The Morgan fingerprint density at radius 3 is 2.14 bits per heavy atom. The Hall–Kier alpha value is -1.86. The van der Waals surface area contributed by atoms with Crippen LogP contribution in [-0.2, 0) is 9.53 Å². The van der Waals surface area contributed by atoms with Crippen LogP contribution in [0.25, 0.3) is 0 Å². The topological polar surface area (TPSA) is 117 Å². The molecular weight excluding hydrogens is 283 g/mol. The van der Waals surface area contributed by atoms with Gasteiger partial charge in [0.1, 0.15) is 11.6 Å². The molecule has 0 saturated carbocycles. The van der Waals surface area contributed by atoms with Crippen LogP contribution in [0.5, 0.6) is 0 Å². The van der Waals surface area contributed by atoms with Gasteiger partial charge in [-0.15, -0.1) is 0 Å². The van der Waals surface area contributed by atoms with Crippen molar-refractivity contribution >= 4 is 41.8 Å². The maximum absolute atomic E-state index is 12.2. The minimum absolute atomic E-state index is 0.158. The molecule has 0 spiro atoms. The van der Waals surface area contributed by atoms with Crippen molar-refractivity contribution in [3.8, 4) is 0 Å². The fraction of sp³-hybridized carbons (Fsp3) is 0.583. The first-order valence-corrected chi connectivity index (χ1v) is 6.36. The van der Waals surface area contributed by atoms with Gasteiger partial charge in [0.15, 0.2) is 0 Å². The van der Waals surface area contributed by atoms with Crippen molar-refractivity contribution in [1.82, 2.24) is 4.90 Å². The molecule has 1 unspecified atom stereocenters. The molecule has 0 saturated heterocycles. The highest BCUT2D eigenvalue weighted by molar-refractivity contribution is 6.59. The zero-order chi connectivity index (χ0) is 17.7. The van der Waals surface area contributed by atoms with Crippen molar-refractivity contribution in [2.24, 2.45) is 5.73 Å². The van der Waals surface area contributed by atoms with Gasteiger partial charge in [0, 0.05) is 12.6 Å². The van der Waals surface area contributed by atoms with E-state index in [1.807, 2.05) is 0 Å². The van der Waals surface area contributed by atoms with Crippen LogP contribution in [0.2, 0.25) is 0 Å². The molecule has 0 aliphatic heterocycles. The third-order valence-corrected chi connectivity index (χ3v) is 2.43. The number of carbonyl (C=O) groups excluding carboxylic acids is 1. The van der Waals surface area contributed by atoms with Crippen LogP contribution in [0.15, 0.2) is 11.8 Å². The predicted octanol–water partition coefficient (Wildman–Crippen LogP) is -0.324. The number of hydrogen-bond donors (Lipinski definition) is 3. The summed E-state index contributed by atoms with van der Waals surface area (Å²) in [7, 11) is 16.5. The SMILES string of the molecule is [B]C([B])([B])N(C(=O)OC(C)(C)C)C(C/C(C=N)=C/N)C(=O)O. The lowest BCUT2D eigenvalue weighted by atomic mass is 9.48. The Bertz CT molecular complexity index is 469. The van der Waals surface area contributed by atoms with Gasteiger partial charge >= 0.3 is 12.1 Å². The fourth-order valence-electron chi connectivity index (χ4n) is 1.55. The van der Waals surface area contributed by atoms with Crippen molar-refractivity contribution in [2.45, 2.75) is 44.1 Å². The van der Waals surface area contributed by atoms with Crippen LogP contribution in [0.4, 0.5) is 4.79 Å². The van der Waals surface area contributed by atoms with Gasteiger partial charge in [-0.2, -0.15) is 0 Å². The Morgan fingerprint density at radius 1 is 1.36 bits per heavy atom. The van der Waals surface area contributed by atoms with Gasteiger partial charge in [0.05, 0.1) is 23.5 Å². The molecule has 1 atom stereocenters. The van der Waals surface area contributed by atoms with E-state index < -0.39 is 28.9 Å². The number of carboxylic acids is 1. The quantitative estimate of drug-likeness (QED) is 0.459. The number of ether oxygens (including phenoxy) is 1. The third kappa shape index (κ3) is 6.28. The summed E-state index contributed by atoms with van der Waals surface area (Å²) < 4.78 is 5.08. The van der Waals surface area contributed by atoms with Crippen molar-refractivity contribution in [3.63, 3.8) is 0 Å². The molecule has 0 aromatic carbocycles. The summed E-state index contributed by atoms with van der Waals surface area (Å²) in [6.45, 7) is 4.77. The van der Waals surface area contributed by atoms with E-state index in [0.29, 0.717) is 4.90 Å². The van der Waals surface area contributed by atoms with E-state index in [4.69, 9.17) is 39.4 Å². The van der Waals surface area contributed by atoms with Gasteiger partial charge < -0.3 is 25.9 Å². The van der Waals surface area contributed by atoms with Gasteiger partial charge in [-0.05, 0) is 32.5 Å². The smallest absolute Gasteiger partial charge is 0.409 e. The van der Waals surface area contributed by atoms with Crippen LogP contribution in [-0.4, -0.2) is 68.7 Å². The van der Waals surface area contributed by atoms with E-state index in [9.17, 15) is 14.7 Å². The highest BCUT2D eigenvalue weighted by Crippen LogP contribution is 2.20. The number of nitrogens with one attached hydrogen (secondary N) is 1. The molecule has 0 bridgehead atoms. The van der Waals surface area contributed by atoms with Crippen molar-refractivity contribution < 1.29 is 19.4 Å². The molecule has 114 valence electrons. The molecule has 0 rings (SSSR count). The fourth-order valence-corrected chi connectivity index (χ4v) is 1.55. The summed E-state index contributed by atoms with van der Waals surface area (Å²) >= 11 is 0. The van der Waals surface area contributed by atoms with Gasteiger partial charge in [-0.1, -0.05) is 5.24 Å². The Labute approximate surface area is 134 Å². The van der Waals surface area contributed by atoms with E-state index >= 15 is 0 Å². The van der Waals surface area contributed by atoms with Gasteiger partial charge in [-0.25, -0.2) is 9.59 Å². The molecule has 7 nitrogen and oxygen atoms in total. The number of nitrogens with zero attached hydrogens (tertiary/aromatic N) is 1. The van der Waals surface area contributed by atoms with Crippen LogP contribution in [0.1, 0.15) is 27.2 Å². The van der Waals surface area contributed by atoms with Crippen LogP contribution in [0.3, 0.4) is 0 Å². The first kappa shape index (κ1) is 20.1. The first-order chi connectivity index (χ1) is 9.83. The predicted molar refractivity (Wildman–Crippen MR) is 85.2 cm³/mol. The average Bonchev–Trinajstić information content (AvgIpc) is 2.29. The van der Waals surface area contributed by atoms with Gasteiger partial charge in [-0.3, -0.25) is 0 Å². The standard InChI is InChI=1S/C12H18B3N3O4/c1-11(2,3)22-10(21)18(12(13,14)15)8(9(19)20)4-7(5-16)6-17/h5-6,8,16H,4,17H2,1-3H3,(H,19,20)/b7-6-,16-5?. The molecule has 1 amide bonds. The maximum atomic E-state index is 12.2. The lowest BCUT2D eigenvalue weighted by molar-refractivity contribution is -0.143. The molecule has 0 heterocycles. The molecule has 10 heteroatoms. The van der Waals surface area contributed by atoms with E-state index in [0.717, 1.165) is 12.4 Å². The molecule has 6 radical (unpaired) electrons. The molecule has 0 aliphatic rings. The highest BCUT2D eigenvalue weighted by atomic mass is 16.6. The molecule has 22 heavy (non-hydrogen) atoms. The van der Waals surface area contributed by atoms with Crippen LogP contribution < -0.4 is 5.73 Å². The Kier molecular flexibility index (Phi) is 6.79. The zero-order valence-corrected chi connectivity index (χ0v) is 12.9. The molecular formula is C12H18B3N3O4. The first-order valence-electron chi connectivity index (χ1n) is 6.36. The third-order valence-electron chi connectivity index (χ3n) is 2.43. The number of rotatable bonds is 6. The van der Waals surface area contributed by atoms with Crippen molar-refractivity contribution in [2.75, 3.05) is 0 Å². The summed E-state index contributed by atoms with van der Waals surface area (Å²) in [4.78, 5) is 24.2. The Balaban J connectivity index is 5.66. The molecule has 0 aromatic rings. The second-order valence-corrected chi connectivity index (χ2v) is 5.68. The van der Waals surface area contributed by atoms with Crippen LogP contribution in [0, 0.1) is 5.41 Å². The number of carboxylic acid groups (broad SMARTS) is 1. The second kappa shape index (κ2) is 7.42. The minimum Gasteiger partial charge on any atom is -0.480 e. The van der Waals surface area contributed by atoms with Gasteiger partial charge in [0.2, 0.25) is 0 Å². The van der Waals surface area contributed by atoms with Crippen molar-refractivity contribution in [1.29, 1.82) is 5.41 Å². The lowest BCUT2D eigenvalue weighted by Gasteiger charge is -2.42. The lowest BCUT2D eigenvalue weighted by Crippen LogP contribution is -2.61. The molecule has 0 aliphatic carbocycles. The van der Waals surface area contributed by atoms with E-state index in [1.54, 1.807) is 20.8 Å². The summed E-state index contributed by atoms with van der Waals surface area (Å²) in [5.41, 5.74) is 4.54. The number of nitrogens with two attached hydrogens (primary N) is 1. The maximum Gasteiger partial charge on any atom is 0.409 e. The number of carbonyl (C=O) groups is 2. The second-order valence-electron chi connectivity index (χ2n) is 5.68. The van der Waals surface area contributed by atoms with Crippen molar-refractivity contribution in [3.05, 3.63) is 11.8 Å². The number of hydrogen-bond acceptors (Lipinski definition) is 5. The number of amides is 1. The Morgan fingerprint density at radius 2 is 1.86 bits per heavy atom. The average molecular weight is 301 g/mol. The normalized spacial score (nSPS) is 14.0. The molecule has 4 N–H and O–H groups in total. The summed E-state index contributed by atoms with van der Waals surface area (Å²) in [5, 5.41) is 14.2. The minimum atomic E-state index is -2.27. The van der Waals surface area contributed by atoms with E-state index in [-0.39, 0.29) is 12.0 Å². The summed E-state index contributed by atoms with van der Waals surface area (Å²) in [6, 6.07) is -1.55. The molecule has 0 aromatic heterocycles. The summed E-state index contributed by atoms with van der Waals surface area (Å²) in [6.07, 6.45) is 0.506. The monoisotopic (exact) mass is 301 g/mol. The van der Waals surface area contributed by atoms with E-state index in [2.05, 4.69) is 0 Å². The number of aliphatic carboxylic acids is 1. The van der Waals surface area contributed by atoms with Crippen LogP contribution >= 0.6 is 0 Å². The summed E-state index contributed by atoms with van der Waals surface area (Å²) in [5.74, 6) is -1.42. The van der Waals surface area contributed by atoms with E-state index in [1.165, 1.54) is 0 Å². The molecule has 0 fully saturated rings.